The predicted molar refractivity (Wildman–Crippen MR) is 99.9 cm³/mol. The summed E-state index contributed by atoms with van der Waals surface area (Å²) < 4.78 is 0. The molecule has 2 amide bonds. The number of nitrogens with zero attached hydrogens (tertiary/aromatic N) is 4. The molecule has 7 heteroatoms. The van der Waals surface area contributed by atoms with Gasteiger partial charge in [-0.25, -0.2) is 4.98 Å². The van der Waals surface area contributed by atoms with Crippen molar-refractivity contribution in [2.45, 2.75) is 32.1 Å². The van der Waals surface area contributed by atoms with Crippen molar-refractivity contribution < 1.29 is 9.59 Å². The second kappa shape index (κ2) is 7.50. The first-order valence-electron chi connectivity index (χ1n) is 9.62. The Morgan fingerprint density at radius 2 is 2.11 bits per heavy atom. The van der Waals surface area contributed by atoms with Crippen LogP contribution in [0.15, 0.2) is 36.8 Å². The minimum atomic E-state index is -0.0454. The van der Waals surface area contributed by atoms with Gasteiger partial charge in [-0.3, -0.25) is 14.6 Å². The average molecular weight is 367 g/mol. The third-order valence-electron chi connectivity index (χ3n) is 5.76. The number of pyridine rings is 1. The summed E-state index contributed by atoms with van der Waals surface area (Å²) in [7, 11) is 0. The summed E-state index contributed by atoms with van der Waals surface area (Å²) in [5, 5.41) is 0. The molecule has 1 atom stereocenters. The summed E-state index contributed by atoms with van der Waals surface area (Å²) in [6.45, 7) is 2.85. The monoisotopic (exact) mass is 367 g/mol. The first-order chi connectivity index (χ1) is 13.2. The van der Waals surface area contributed by atoms with Crippen LogP contribution in [0.3, 0.4) is 0 Å². The van der Waals surface area contributed by atoms with Crippen molar-refractivity contribution in [2.24, 2.45) is 5.41 Å². The van der Waals surface area contributed by atoms with Gasteiger partial charge in [0.2, 0.25) is 5.91 Å². The zero-order chi connectivity index (χ0) is 18.7. The minimum Gasteiger partial charge on any atom is -0.342 e. The lowest BCUT2D eigenvalue weighted by Crippen LogP contribution is -2.55. The maximum Gasteiger partial charge on any atom is 0.289 e. The highest BCUT2D eigenvalue weighted by atomic mass is 16.2. The highest BCUT2D eigenvalue weighted by Gasteiger charge is 2.42. The van der Waals surface area contributed by atoms with E-state index in [1.807, 2.05) is 28.0 Å². The van der Waals surface area contributed by atoms with Crippen LogP contribution in [0, 0.1) is 5.41 Å². The van der Waals surface area contributed by atoms with Gasteiger partial charge in [0.25, 0.3) is 5.91 Å². The molecule has 0 saturated carbocycles. The fourth-order valence-electron chi connectivity index (χ4n) is 4.35. The van der Waals surface area contributed by atoms with E-state index in [-0.39, 0.29) is 17.2 Å². The Bertz CT molecular complexity index is 792. The molecule has 2 saturated heterocycles. The first-order valence-corrected chi connectivity index (χ1v) is 9.62. The fraction of sp³-hybridized carbons (Fsp3) is 0.500. The zero-order valence-electron chi connectivity index (χ0n) is 15.4. The summed E-state index contributed by atoms with van der Waals surface area (Å²) in [6, 6.07) is 5.87. The number of carbonyl (C=O) groups excluding carboxylic acids is 2. The number of piperidine rings is 2. The first kappa shape index (κ1) is 17.7. The topological polar surface area (TPSA) is 82.2 Å². The molecule has 4 rings (SSSR count). The molecule has 0 unspecified atom stereocenters. The normalized spacial score (nSPS) is 23.0. The second-order valence-corrected chi connectivity index (χ2v) is 7.65. The van der Waals surface area contributed by atoms with Gasteiger partial charge in [-0.05, 0) is 31.4 Å². The number of rotatable bonds is 4. The molecule has 1 spiro atoms. The Kier molecular flexibility index (Phi) is 4.92. The number of hydrogen-bond acceptors (Lipinski definition) is 4. The van der Waals surface area contributed by atoms with Crippen molar-refractivity contribution in [2.75, 3.05) is 26.2 Å². The van der Waals surface area contributed by atoms with Gasteiger partial charge < -0.3 is 14.8 Å². The van der Waals surface area contributed by atoms with E-state index < -0.39 is 0 Å². The van der Waals surface area contributed by atoms with Gasteiger partial charge in [0.15, 0.2) is 5.82 Å². The molecule has 2 aromatic rings. The van der Waals surface area contributed by atoms with E-state index in [1.54, 1.807) is 18.6 Å². The number of carbonyl (C=O) groups is 2. The van der Waals surface area contributed by atoms with E-state index in [9.17, 15) is 9.59 Å². The van der Waals surface area contributed by atoms with Crippen molar-refractivity contribution >= 4 is 11.8 Å². The van der Waals surface area contributed by atoms with Crippen LogP contribution >= 0.6 is 0 Å². The van der Waals surface area contributed by atoms with E-state index in [4.69, 9.17) is 0 Å². The van der Waals surface area contributed by atoms with Gasteiger partial charge in [0, 0.05) is 68.7 Å². The largest absolute Gasteiger partial charge is 0.342 e. The molecule has 0 radical (unpaired) electrons. The van der Waals surface area contributed by atoms with Crippen LogP contribution in [0.25, 0.3) is 0 Å². The molecule has 1 N–H and O–H groups in total. The lowest BCUT2D eigenvalue weighted by Gasteiger charge is -2.48. The molecule has 142 valence electrons. The van der Waals surface area contributed by atoms with Gasteiger partial charge >= 0.3 is 0 Å². The Morgan fingerprint density at radius 3 is 2.89 bits per heavy atom. The Hall–Kier alpha value is -2.70. The maximum atomic E-state index is 12.7. The van der Waals surface area contributed by atoms with E-state index in [2.05, 4.69) is 15.0 Å². The van der Waals surface area contributed by atoms with Crippen LogP contribution in [-0.4, -0.2) is 62.7 Å². The number of aromatic amines is 1. The van der Waals surface area contributed by atoms with Crippen molar-refractivity contribution in [3.05, 3.63) is 48.3 Å². The van der Waals surface area contributed by atoms with E-state index in [0.29, 0.717) is 25.3 Å². The van der Waals surface area contributed by atoms with Crippen LogP contribution in [0.2, 0.25) is 0 Å². The third-order valence-corrected chi connectivity index (χ3v) is 5.76. The highest BCUT2D eigenvalue weighted by molar-refractivity contribution is 5.90. The summed E-state index contributed by atoms with van der Waals surface area (Å²) in [5.74, 6) is 0.563. The number of imidazole rings is 1. The quantitative estimate of drug-likeness (QED) is 0.895. The molecule has 7 nitrogen and oxygen atoms in total. The van der Waals surface area contributed by atoms with Gasteiger partial charge in [-0.2, -0.15) is 0 Å². The van der Waals surface area contributed by atoms with Crippen LogP contribution in [-0.2, 0) is 11.2 Å². The number of aromatic nitrogens is 3. The second-order valence-electron chi connectivity index (χ2n) is 7.65. The molecule has 0 aliphatic carbocycles. The summed E-state index contributed by atoms with van der Waals surface area (Å²) in [5.41, 5.74) is 1.00. The minimum absolute atomic E-state index is 0.00146. The summed E-state index contributed by atoms with van der Waals surface area (Å²) >= 11 is 0. The molecule has 2 aliphatic heterocycles. The SMILES string of the molecule is O=C1CC[C@]2(CCCN(C(=O)c3ncc[nH]3)C2)CN1CCc1ccccn1. The average Bonchev–Trinajstić information content (AvgIpc) is 3.24. The van der Waals surface area contributed by atoms with Crippen molar-refractivity contribution in [1.82, 2.24) is 24.8 Å². The van der Waals surface area contributed by atoms with Crippen LogP contribution in [0.4, 0.5) is 0 Å². The van der Waals surface area contributed by atoms with Crippen molar-refractivity contribution in [3.63, 3.8) is 0 Å². The van der Waals surface area contributed by atoms with E-state index in [0.717, 1.165) is 44.5 Å². The number of nitrogens with one attached hydrogen (secondary N) is 1. The predicted octanol–water partition coefficient (Wildman–Crippen LogP) is 1.89. The Morgan fingerprint density at radius 1 is 1.19 bits per heavy atom. The van der Waals surface area contributed by atoms with Crippen LogP contribution in [0.5, 0.6) is 0 Å². The van der Waals surface area contributed by atoms with Crippen LogP contribution < -0.4 is 0 Å². The van der Waals surface area contributed by atoms with Gasteiger partial charge in [-0.15, -0.1) is 0 Å². The van der Waals surface area contributed by atoms with Crippen molar-refractivity contribution in [3.8, 4) is 0 Å². The molecule has 2 aliphatic rings. The molecule has 2 fully saturated rings. The highest BCUT2D eigenvalue weighted by Crippen LogP contribution is 2.39. The number of hydrogen-bond donors (Lipinski definition) is 1. The van der Waals surface area contributed by atoms with Crippen LogP contribution in [0.1, 0.15) is 42.0 Å². The Balaban J connectivity index is 1.42. The third kappa shape index (κ3) is 3.86. The van der Waals surface area contributed by atoms with E-state index in [1.165, 1.54) is 0 Å². The molecule has 0 bridgehead atoms. The lowest BCUT2D eigenvalue weighted by molar-refractivity contribution is -0.138. The molecule has 4 heterocycles. The molecular formula is C20H25N5O2. The summed E-state index contributed by atoms with van der Waals surface area (Å²) in [6.07, 6.45) is 9.26. The maximum absolute atomic E-state index is 12.7. The van der Waals surface area contributed by atoms with Crippen molar-refractivity contribution in [1.29, 1.82) is 0 Å². The number of H-pyrrole nitrogens is 1. The summed E-state index contributed by atoms with van der Waals surface area (Å²) in [4.78, 5) is 40.4. The van der Waals surface area contributed by atoms with E-state index >= 15 is 0 Å². The standard InChI is InChI=1S/C20H25N5O2/c26-17-5-8-20(14-24(17)13-6-16-4-1-2-9-21-16)7-3-12-25(15-20)19(27)18-22-10-11-23-18/h1-2,4,9-11H,3,5-8,12-15H2,(H,22,23)/t20-/m1/s1. The smallest absolute Gasteiger partial charge is 0.289 e. The molecule has 0 aromatic carbocycles. The lowest BCUT2D eigenvalue weighted by atomic mass is 9.73. The molecule has 2 aromatic heterocycles. The zero-order valence-corrected chi connectivity index (χ0v) is 15.4. The molecular weight excluding hydrogens is 342 g/mol. The number of amides is 2. The van der Waals surface area contributed by atoms with Gasteiger partial charge in [0.1, 0.15) is 0 Å². The fourth-order valence-corrected chi connectivity index (χ4v) is 4.35. The van der Waals surface area contributed by atoms with Gasteiger partial charge in [0.05, 0.1) is 0 Å². The van der Waals surface area contributed by atoms with Gasteiger partial charge in [-0.1, -0.05) is 6.07 Å². The number of likely N-dealkylation sites (tertiary alicyclic amines) is 2. The molecule has 27 heavy (non-hydrogen) atoms. The Labute approximate surface area is 158 Å².